The Hall–Kier alpha value is -1.89. The lowest BCUT2D eigenvalue weighted by Crippen LogP contribution is -2.67. The monoisotopic (exact) mass is 363 g/mol. The van der Waals surface area contributed by atoms with E-state index in [2.05, 4.69) is 87.5 Å². The zero-order chi connectivity index (χ0) is 18.6. The maximum Gasteiger partial charge on any atom is 0.261 e. The molecule has 3 rings (SSSR count). The summed E-state index contributed by atoms with van der Waals surface area (Å²) in [6.07, 6.45) is 4.18. The Morgan fingerprint density at radius 1 is 0.923 bits per heavy atom. The fourth-order valence-electron chi connectivity index (χ4n) is 4.31. The van der Waals surface area contributed by atoms with Crippen LogP contribution < -0.4 is 10.4 Å². The van der Waals surface area contributed by atoms with Gasteiger partial charge in [0.15, 0.2) is 0 Å². The molecule has 2 atom stereocenters. The normalized spacial score (nSPS) is 21.2. The molecule has 26 heavy (non-hydrogen) atoms. The van der Waals surface area contributed by atoms with E-state index in [1.165, 1.54) is 10.4 Å². The largest absolute Gasteiger partial charge is 0.404 e. The van der Waals surface area contributed by atoms with Crippen LogP contribution in [0.4, 0.5) is 0 Å². The van der Waals surface area contributed by atoms with E-state index in [0.717, 1.165) is 25.7 Å². The summed E-state index contributed by atoms with van der Waals surface area (Å²) in [5.41, 5.74) is 0. The van der Waals surface area contributed by atoms with E-state index >= 15 is 0 Å². The van der Waals surface area contributed by atoms with Crippen molar-refractivity contribution in [2.75, 3.05) is 0 Å². The van der Waals surface area contributed by atoms with Crippen LogP contribution in [0.15, 0.2) is 60.7 Å². The molecule has 1 saturated carbocycles. The molecule has 2 nitrogen and oxygen atoms in total. The Balaban J connectivity index is 2.10. The Bertz CT molecular complexity index is 706. The van der Waals surface area contributed by atoms with E-state index in [1.54, 1.807) is 0 Å². The van der Waals surface area contributed by atoms with Crippen LogP contribution in [0.2, 0.25) is 5.04 Å². The first-order valence-electron chi connectivity index (χ1n) is 9.66. The quantitative estimate of drug-likeness (QED) is 0.741. The fraction of sp³-hybridized carbons (Fsp3) is 0.435. The molecule has 0 N–H and O–H groups in total. The molecule has 2 aromatic rings. The molecule has 3 heteroatoms. The molecule has 0 radical (unpaired) electrons. The van der Waals surface area contributed by atoms with Gasteiger partial charge in [0.2, 0.25) is 0 Å². The van der Waals surface area contributed by atoms with Gasteiger partial charge >= 0.3 is 0 Å². The zero-order valence-electron chi connectivity index (χ0n) is 16.1. The Morgan fingerprint density at radius 2 is 1.46 bits per heavy atom. The first-order valence-corrected chi connectivity index (χ1v) is 11.6. The minimum absolute atomic E-state index is 0.00467. The van der Waals surface area contributed by atoms with Crippen molar-refractivity contribution in [3.05, 3.63) is 60.7 Å². The predicted octanol–water partition coefficient (Wildman–Crippen LogP) is 4.65. The molecule has 0 amide bonds. The van der Waals surface area contributed by atoms with E-state index in [4.69, 9.17) is 4.43 Å². The van der Waals surface area contributed by atoms with Gasteiger partial charge in [0.05, 0.1) is 6.07 Å². The van der Waals surface area contributed by atoms with Crippen LogP contribution >= 0.6 is 0 Å². The molecule has 136 valence electrons. The van der Waals surface area contributed by atoms with Crippen molar-refractivity contribution in [2.45, 2.75) is 57.6 Å². The highest BCUT2D eigenvalue weighted by atomic mass is 28.4. The molecule has 0 spiro atoms. The van der Waals surface area contributed by atoms with Gasteiger partial charge in [-0.25, -0.2) is 0 Å². The third-order valence-electron chi connectivity index (χ3n) is 5.57. The molecule has 0 bridgehead atoms. The van der Waals surface area contributed by atoms with Crippen molar-refractivity contribution in [1.29, 1.82) is 5.26 Å². The third-order valence-corrected chi connectivity index (χ3v) is 10.7. The second-order valence-electron chi connectivity index (χ2n) is 8.40. The van der Waals surface area contributed by atoms with Crippen LogP contribution in [0.3, 0.4) is 0 Å². The van der Waals surface area contributed by atoms with Crippen LogP contribution in [0.5, 0.6) is 0 Å². The van der Waals surface area contributed by atoms with Gasteiger partial charge in [0, 0.05) is 12.0 Å². The molecule has 1 aliphatic carbocycles. The minimum Gasteiger partial charge on any atom is -0.404 e. The van der Waals surface area contributed by atoms with Crippen molar-refractivity contribution >= 4 is 18.7 Å². The minimum atomic E-state index is -2.49. The summed E-state index contributed by atoms with van der Waals surface area (Å²) in [4.78, 5) is 0. The lowest BCUT2D eigenvalue weighted by Gasteiger charge is -2.46. The zero-order valence-corrected chi connectivity index (χ0v) is 17.1. The highest BCUT2D eigenvalue weighted by Gasteiger charge is 2.51. The number of rotatable bonds is 4. The van der Waals surface area contributed by atoms with E-state index in [-0.39, 0.29) is 17.1 Å². The van der Waals surface area contributed by atoms with Gasteiger partial charge in [-0.3, -0.25) is 0 Å². The van der Waals surface area contributed by atoms with Gasteiger partial charge in [-0.05, 0) is 41.1 Å². The molecular weight excluding hydrogens is 334 g/mol. The molecule has 0 saturated heterocycles. The van der Waals surface area contributed by atoms with Crippen LogP contribution in [0.1, 0.15) is 46.5 Å². The first-order chi connectivity index (χ1) is 12.5. The lowest BCUT2D eigenvalue weighted by molar-refractivity contribution is 0.127. The maximum absolute atomic E-state index is 9.41. The molecule has 0 aliphatic heterocycles. The Morgan fingerprint density at radius 3 is 1.92 bits per heavy atom. The number of benzene rings is 2. The van der Waals surface area contributed by atoms with Crippen molar-refractivity contribution in [2.24, 2.45) is 5.92 Å². The van der Waals surface area contributed by atoms with Crippen LogP contribution in [0, 0.1) is 17.2 Å². The van der Waals surface area contributed by atoms with Crippen molar-refractivity contribution in [1.82, 2.24) is 0 Å². The van der Waals surface area contributed by atoms with Crippen LogP contribution in [-0.4, -0.2) is 14.4 Å². The third kappa shape index (κ3) is 3.63. The highest BCUT2D eigenvalue weighted by Crippen LogP contribution is 2.39. The number of nitriles is 1. The second-order valence-corrected chi connectivity index (χ2v) is 12.6. The Labute approximate surface area is 159 Å². The standard InChI is InChI=1S/C23H29NOSi/c1-23(2,3)26(21-13-6-4-7-14-21,22-15-8-5-9-16-22)25-20-12-10-11-19(17-20)18-24/h4-9,13-16,19-20H,10-12,17H2,1-3H3. The van der Waals surface area contributed by atoms with Crippen molar-refractivity contribution in [3.63, 3.8) is 0 Å². The average Bonchev–Trinajstić information content (AvgIpc) is 2.66. The lowest BCUT2D eigenvalue weighted by atomic mass is 9.88. The first kappa shape index (κ1) is 18.9. The van der Waals surface area contributed by atoms with E-state index in [9.17, 15) is 5.26 Å². The summed E-state index contributed by atoms with van der Waals surface area (Å²) in [5, 5.41) is 12.0. The summed E-state index contributed by atoms with van der Waals surface area (Å²) >= 11 is 0. The van der Waals surface area contributed by atoms with Gasteiger partial charge in [-0.1, -0.05) is 81.4 Å². The average molecular weight is 364 g/mol. The summed E-state index contributed by atoms with van der Waals surface area (Å²) in [6, 6.07) is 24.0. The topological polar surface area (TPSA) is 33.0 Å². The van der Waals surface area contributed by atoms with E-state index < -0.39 is 8.32 Å². The molecule has 2 unspecified atom stereocenters. The fourth-order valence-corrected chi connectivity index (χ4v) is 9.04. The van der Waals surface area contributed by atoms with Crippen LogP contribution in [-0.2, 0) is 4.43 Å². The van der Waals surface area contributed by atoms with Crippen molar-refractivity contribution < 1.29 is 4.43 Å². The number of nitrogens with zero attached hydrogens (tertiary/aromatic N) is 1. The van der Waals surface area contributed by atoms with Gasteiger partial charge in [-0.15, -0.1) is 0 Å². The number of hydrogen-bond donors (Lipinski definition) is 0. The van der Waals surface area contributed by atoms with Crippen LogP contribution in [0.25, 0.3) is 0 Å². The van der Waals surface area contributed by atoms with Crippen molar-refractivity contribution in [3.8, 4) is 6.07 Å². The summed E-state index contributed by atoms with van der Waals surface area (Å²) in [6.45, 7) is 6.93. The predicted molar refractivity (Wildman–Crippen MR) is 110 cm³/mol. The molecule has 0 aromatic heterocycles. The smallest absolute Gasteiger partial charge is 0.261 e. The van der Waals surface area contributed by atoms with Gasteiger partial charge in [0.25, 0.3) is 8.32 Å². The molecule has 0 heterocycles. The molecular formula is C23H29NOSi. The van der Waals surface area contributed by atoms with E-state index in [1.807, 2.05) is 0 Å². The van der Waals surface area contributed by atoms with Gasteiger partial charge < -0.3 is 4.43 Å². The summed E-state index contributed by atoms with van der Waals surface area (Å²) < 4.78 is 7.14. The van der Waals surface area contributed by atoms with E-state index in [0.29, 0.717) is 0 Å². The maximum atomic E-state index is 9.41. The summed E-state index contributed by atoms with van der Waals surface area (Å²) in [5.74, 6) is 0.131. The number of hydrogen-bond acceptors (Lipinski definition) is 2. The molecule has 2 aromatic carbocycles. The van der Waals surface area contributed by atoms with Gasteiger partial charge in [0.1, 0.15) is 0 Å². The van der Waals surface area contributed by atoms with Gasteiger partial charge in [-0.2, -0.15) is 5.26 Å². The Kier molecular flexibility index (Phi) is 5.65. The summed E-state index contributed by atoms with van der Waals surface area (Å²) in [7, 11) is -2.49. The highest BCUT2D eigenvalue weighted by molar-refractivity contribution is 6.99. The molecule has 1 fully saturated rings. The molecule has 1 aliphatic rings. The second kappa shape index (κ2) is 7.78. The SMILES string of the molecule is CC(C)(C)[Si](OC1CCCC(C#N)C1)(c1ccccc1)c1ccccc1.